The fraction of sp³-hybridized carbons (Fsp3) is 1.00. The highest BCUT2D eigenvalue weighted by Gasteiger charge is 2.61. The Kier molecular flexibility index (Phi) is 2.70. The SMILES string of the molecule is CC[C@]1(O)CC[C@]2(C)[C@@H](C)CC[C@]2(C)[C@H]1C. The Labute approximate surface area is 101 Å². The van der Waals surface area contributed by atoms with E-state index < -0.39 is 5.60 Å². The lowest BCUT2D eigenvalue weighted by Crippen LogP contribution is -2.55. The van der Waals surface area contributed by atoms with Gasteiger partial charge in [0.25, 0.3) is 0 Å². The molecule has 2 saturated carbocycles. The van der Waals surface area contributed by atoms with Crippen molar-refractivity contribution < 1.29 is 5.11 Å². The van der Waals surface area contributed by atoms with Gasteiger partial charge in [-0.05, 0) is 54.8 Å². The summed E-state index contributed by atoms with van der Waals surface area (Å²) in [5.74, 6) is 1.26. The predicted octanol–water partition coefficient (Wildman–Crippen LogP) is 4.00. The van der Waals surface area contributed by atoms with Crippen molar-refractivity contribution in [2.24, 2.45) is 22.7 Å². The summed E-state index contributed by atoms with van der Waals surface area (Å²) < 4.78 is 0. The van der Waals surface area contributed by atoms with E-state index in [0.717, 1.165) is 18.8 Å². The molecule has 16 heavy (non-hydrogen) atoms. The first-order chi connectivity index (χ1) is 7.30. The van der Waals surface area contributed by atoms with Crippen molar-refractivity contribution in [3.8, 4) is 0 Å². The van der Waals surface area contributed by atoms with Crippen molar-refractivity contribution in [3.63, 3.8) is 0 Å². The minimum Gasteiger partial charge on any atom is -0.390 e. The Morgan fingerprint density at radius 2 is 1.69 bits per heavy atom. The number of hydrogen-bond donors (Lipinski definition) is 1. The second-order valence-corrected chi connectivity index (χ2v) is 6.95. The quantitative estimate of drug-likeness (QED) is 0.714. The fourth-order valence-corrected chi connectivity index (χ4v) is 4.70. The maximum absolute atomic E-state index is 10.8. The largest absolute Gasteiger partial charge is 0.390 e. The molecule has 1 nitrogen and oxygen atoms in total. The molecule has 2 fully saturated rings. The molecule has 2 aliphatic rings. The van der Waals surface area contributed by atoms with Gasteiger partial charge in [-0.3, -0.25) is 0 Å². The van der Waals surface area contributed by atoms with Gasteiger partial charge in [-0.1, -0.05) is 34.6 Å². The van der Waals surface area contributed by atoms with E-state index in [4.69, 9.17) is 0 Å². The van der Waals surface area contributed by atoms with Crippen LogP contribution in [0.25, 0.3) is 0 Å². The van der Waals surface area contributed by atoms with Gasteiger partial charge in [0.1, 0.15) is 0 Å². The molecule has 2 aliphatic carbocycles. The van der Waals surface area contributed by atoms with Crippen molar-refractivity contribution in [2.45, 2.75) is 72.3 Å². The van der Waals surface area contributed by atoms with Gasteiger partial charge in [0.05, 0.1) is 5.60 Å². The Bertz CT molecular complexity index is 287. The van der Waals surface area contributed by atoms with Crippen LogP contribution in [0.1, 0.15) is 66.7 Å². The molecule has 5 atom stereocenters. The predicted molar refractivity (Wildman–Crippen MR) is 68.3 cm³/mol. The highest BCUT2D eigenvalue weighted by molar-refractivity contribution is 5.11. The molecule has 0 unspecified atom stereocenters. The lowest BCUT2D eigenvalue weighted by molar-refractivity contribution is -0.156. The third-order valence-electron chi connectivity index (χ3n) is 6.94. The molecule has 0 radical (unpaired) electrons. The maximum Gasteiger partial charge on any atom is 0.0676 e. The molecule has 0 aromatic carbocycles. The average Bonchev–Trinajstić information content (AvgIpc) is 2.51. The number of rotatable bonds is 1. The molecule has 0 aromatic rings. The van der Waals surface area contributed by atoms with Gasteiger partial charge in [-0.2, -0.15) is 0 Å². The monoisotopic (exact) mass is 224 g/mol. The van der Waals surface area contributed by atoms with Crippen molar-refractivity contribution >= 4 is 0 Å². The van der Waals surface area contributed by atoms with Crippen LogP contribution in [-0.4, -0.2) is 10.7 Å². The molecular formula is C15H28O. The second-order valence-electron chi connectivity index (χ2n) is 6.95. The van der Waals surface area contributed by atoms with Crippen LogP contribution in [0.4, 0.5) is 0 Å². The normalized spacial score (nSPS) is 57.4. The summed E-state index contributed by atoms with van der Waals surface area (Å²) in [6.45, 7) is 11.7. The molecule has 94 valence electrons. The van der Waals surface area contributed by atoms with E-state index in [1.165, 1.54) is 19.3 Å². The third-order valence-corrected chi connectivity index (χ3v) is 6.94. The lowest BCUT2D eigenvalue weighted by atomic mass is 9.49. The lowest BCUT2D eigenvalue weighted by Gasteiger charge is -2.58. The topological polar surface area (TPSA) is 20.2 Å². The van der Waals surface area contributed by atoms with E-state index in [1.807, 2.05) is 0 Å². The van der Waals surface area contributed by atoms with Crippen LogP contribution in [-0.2, 0) is 0 Å². The minimum absolute atomic E-state index is 0.343. The Balaban J connectivity index is 2.38. The van der Waals surface area contributed by atoms with E-state index in [2.05, 4.69) is 34.6 Å². The molecule has 1 N–H and O–H groups in total. The molecule has 0 aromatic heterocycles. The van der Waals surface area contributed by atoms with Crippen LogP contribution in [0.5, 0.6) is 0 Å². The number of fused-ring (bicyclic) bond motifs is 1. The average molecular weight is 224 g/mol. The van der Waals surface area contributed by atoms with Crippen LogP contribution in [0.15, 0.2) is 0 Å². The zero-order valence-corrected chi connectivity index (χ0v) is 11.6. The van der Waals surface area contributed by atoms with Crippen LogP contribution in [0, 0.1) is 22.7 Å². The molecule has 0 amide bonds. The van der Waals surface area contributed by atoms with Crippen LogP contribution >= 0.6 is 0 Å². The molecule has 0 saturated heterocycles. The van der Waals surface area contributed by atoms with Crippen LogP contribution in [0.2, 0.25) is 0 Å². The van der Waals surface area contributed by atoms with Crippen molar-refractivity contribution in [3.05, 3.63) is 0 Å². The molecule has 2 rings (SSSR count). The molecule has 0 spiro atoms. The third kappa shape index (κ3) is 1.27. The first-order valence-electron chi connectivity index (χ1n) is 7.02. The van der Waals surface area contributed by atoms with Crippen molar-refractivity contribution in [1.82, 2.24) is 0 Å². The summed E-state index contributed by atoms with van der Waals surface area (Å²) in [4.78, 5) is 0. The fourth-order valence-electron chi connectivity index (χ4n) is 4.70. The van der Waals surface area contributed by atoms with Crippen molar-refractivity contribution in [1.29, 1.82) is 0 Å². The van der Waals surface area contributed by atoms with E-state index in [-0.39, 0.29) is 0 Å². The molecule has 0 heterocycles. The maximum atomic E-state index is 10.8. The molecule has 1 heteroatoms. The minimum atomic E-state index is -0.404. The smallest absolute Gasteiger partial charge is 0.0676 e. The van der Waals surface area contributed by atoms with Gasteiger partial charge >= 0.3 is 0 Å². The Morgan fingerprint density at radius 3 is 2.25 bits per heavy atom. The summed E-state index contributed by atoms with van der Waals surface area (Å²) in [5, 5.41) is 10.8. The first kappa shape index (κ1) is 12.4. The summed E-state index contributed by atoms with van der Waals surface area (Å²) >= 11 is 0. The van der Waals surface area contributed by atoms with Crippen LogP contribution in [0.3, 0.4) is 0 Å². The molecule has 0 bridgehead atoms. The standard InChI is InChI=1S/C15H28O/c1-6-15(16)10-9-13(4)11(2)7-8-14(13,5)12(15)3/h11-12,16H,6-10H2,1-5H3/t11-,12+,13+,14+,15-/m0/s1. The van der Waals surface area contributed by atoms with E-state index >= 15 is 0 Å². The second kappa shape index (κ2) is 3.48. The van der Waals surface area contributed by atoms with Gasteiger partial charge < -0.3 is 5.11 Å². The van der Waals surface area contributed by atoms with Crippen molar-refractivity contribution in [2.75, 3.05) is 0 Å². The van der Waals surface area contributed by atoms with E-state index in [0.29, 0.717) is 16.7 Å². The summed E-state index contributed by atoms with van der Waals surface area (Å²) in [7, 11) is 0. The Hall–Kier alpha value is -0.0400. The highest BCUT2D eigenvalue weighted by atomic mass is 16.3. The van der Waals surface area contributed by atoms with E-state index in [9.17, 15) is 5.11 Å². The summed E-state index contributed by atoms with van der Waals surface area (Å²) in [5.41, 5.74) is 0.390. The summed E-state index contributed by atoms with van der Waals surface area (Å²) in [6.07, 6.45) is 5.76. The zero-order valence-electron chi connectivity index (χ0n) is 11.6. The van der Waals surface area contributed by atoms with Gasteiger partial charge in [0.2, 0.25) is 0 Å². The van der Waals surface area contributed by atoms with Gasteiger partial charge in [0.15, 0.2) is 0 Å². The summed E-state index contributed by atoms with van der Waals surface area (Å²) in [6, 6.07) is 0. The van der Waals surface area contributed by atoms with Gasteiger partial charge in [0, 0.05) is 0 Å². The highest BCUT2D eigenvalue weighted by Crippen LogP contribution is 2.67. The number of hydrogen-bond acceptors (Lipinski definition) is 1. The zero-order chi connectivity index (χ0) is 12.2. The van der Waals surface area contributed by atoms with E-state index in [1.54, 1.807) is 0 Å². The van der Waals surface area contributed by atoms with Gasteiger partial charge in [-0.25, -0.2) is 0 Å². The molecular weight excluding hydrogens is 196 g/mol. The Morgan fingerprint density at radius 1 is 1.06 bits per heavy atom. The van der Waals surface area contributed by atoms with Crippen LogP contribution < -0.4 is 0 Å². The van der Waals surface area contributed by atoms with Gasteiger partial charge in [-0.15, -0.1) is 0 Å². The number of aliphatic hydroxyl groups is 1. The molecule has 0 aliphatic heterocycles. The first-order valence-corrected chi connectivity index (χ1v) is 7.02.